The highest BCUT2D eigenvalue weighted by atomic mass is 16.4. The van der Waals surface area contributed by atoms with Gasteiger partial charge in [-0.2, -0.15) is 0 Å². The summed E-state index contributed by atoms with van der Waals surface area (Å²) < 4.78 is 0. The second kappa shape index (κ2) is 5.88. The van der Waals surface area contributed by atoms with Crippen molar-refractivity contribution >= 4 is 11.9 Å². The smallest absolute Gasteiger partial charge is 0.307 e. The molecule has 1 aliphatic carbocycles. The van der Waals surface area contributed by atoms with E-state index in [9.17, 15) is 14.7 Å². The number of carbonyl (C=O) groups excluding carboxylic acids is 1. The fourth-order valence-corrected chi connectivity index (χ4v) is 3.15. The highest BCUT2D eigenvalue weighted by molar-refractivity contribution is 5.91. The van der Waals surface area contributed by atoms with Crippen molar-refractivity contribution in [1.82, 2.24) is 5.32 Å². The molecule has 0 bridgehead atoms. The van der Waals surface area contributed by atoms with Crippen LogP contribution in [-0.2, 0) is 9.59 Å². The quantitative estimate of drug-likeness (QED) is 0.846. The zero-order valence-corrected chi connectivity index (χ0v) is 12.8. The van der Waals surface area contributed by atoms with Crippen molar-refractivity contribution in [3.05, 3.63) is 35.9 Å². The lowest BCUT2D eigenvalue weighted by molar-refractivity contribution is -0.140. The summed E-state index contributed by atoms with van der Waals surface area (Å²) in [4.78, 5) is 23.6. The van der Waals surface area contributed by atoms with Crippen LogP contribution in [0.15, 0.2) is 30.3 Å². The number of rotatable bonds is 6. The minimum atomic E-state index is -0.882. The molecule has 3 unspecified atom stereocenters. The van der Waals surface area contributed by atoms with Crippen molar-refractivity contribution in [2.45, 2.75) is 39.7 Å². The molecule has 0 aliphatic heterocycles. The van der Waals surface area contributed by atoms with E-state index in [2.05, 4.69) is 12.2 Å². The van der Waals surface area contributed by atoms with E-state index in [1.807, 2.05) is 44.2 Å². The van der Waals surface area contributed by atoms with Gasteiger partial charge in [-0.15, -0.1) is 0 Å². The molecule has 1 fully saturated rings. The van der Waals surface area contributed by atoms with E-state index in [-0.39, 0.29) is 11.9 Å². The van der Waals surface area contributed by atoms with E-state index in [1.165, 1.54) is 0 Å². The van der Waals surface area contributed by atoms with Crippen molar-refractivity contribution in [2.75, 3.05) is 0 Å². The van der Waals surface area contributed by atoms with Crippen LogP contribution in [-0.4, -0.2) is 17.0 Å². The Kier molecular flexibility index (Phi) is 4.35. The van der Waals surface area contributed by atoms with Gasteiger partial charge in [-0.25, -0.2) is 0 Å². The Labute approximate surface area is 125 Å². The average Bonchev–Trinajstić information content (AvgIpc) is 3.02. The molecule has 0 saturated heterocycles. The minimum Gasteiger partial charge on any atom is -0.481 e. The Morgan fingerprint density at radius 2 is 1.86 bits per heavy atom. The van der Waals surface area contributed by atoms with E-state index < -0.39 is 23.2 Å². The van der Waals surface area contributed by atoms with Gasteiger partial charge in [0.05, 0.1) is 17.9 Å². The number of carboxylic acid groups (broad SMARTS) is 1. The van der Waals surface area contributed by atoms with Crippen molar-refractivity contribution < 1.29 is 14.7 Å². The second-order valence-corrected chi connectivity index (χ2v) is 6.38. The highest BCUT2D eigenvalue weighted by Crippen LogP contribution is 2.58. The van der Waals surface area contributed by atoms with E-state index in [4.69, 9.17) is 0 Å². The Morgan fingerprint density at radius 1 is 1.24 bits per heavy atom. The number of benzene rings is 1. The summed E-state index contributed by atoms with van der Waals surface area (Å²) in [5.41, 5.74) is 0.613. The standard InChI is InChI=1S/C17H23NO3/c1-4-8-12(11-9-6-5-7-10-11)18-15(19)13-14(16(20)21)17(13,2)3/h5-7,9-10,12-14H,4,8H2,1-3H3,(H,18,19)(H,20,21). The van der Waals surface area contributed by atoms with Gasteiger partial charge in [-0.3, -0.25) is 9.59 Å². The monoisotopic (exact) mass is 289 g/mol. The summed E-state index contributed by atoms with van der Waals surface area (Å²) in [6.07, 6.45) is 1.80. The molecule has 2 rings (SSSR count). The van der Waals surface area contributed by atoms with Gasteiger partial charge in [0.25, 0.3) is 0 Å². The maximum absolute atomic E-state index is 12.4. The number of aliphatic carboxylic acids is 1. The maximum atomic E-state index is 12.4. The van der Waals surface area contributed by atoms with Gasteiger partial charge in [0.15, 0.2) is 0 Å². The molecule has 114 valence electrons. The van der Waals surface area contributed by atoms with E-state index >= 15 is 0 Å². The third-order valence-electron chi connectivity index (χ3n) is 4.47. The van der Waals surface area contributed by atoms with E-state index in [0.717, 1.165) is 18.4 Å². The summed E-state index contributed by atoms with van der Waals surface area (Å²) in [6, 6.07) is 9.78. The zero-order chi connectivity index (χ0) is 15.6. The van der Waals surface area contributed by atoms with Gasteiger partial charge in [-0.05, 0) is 17.4 Å². The molecule has 0 aromatic heterocycles. The molecule has 21 heavy (non-hydrogen) atoms. The van der Waals surface area contributed by atoms with Crippen LogP contribution < -0.4 is 5.32 Å². The van der Waals surface area contributed by atoms with Gasteiger partial charge >= 0.3 is 5.97 Å². The van der Waals surface area contributed by atoms with Gasteiger partial charge < -0.3 is 10.4 Å². The topological polar surface area (TPSA) is 66.4 Å². The molecule has 2 N–H and O–H groups in total. The van der Waals surface area contributed by atoms with Crippen LogP contribution in [0.25, 0.3) is 0 Å². The molecule has 1 aromatic carbocycles. The Morgan fingerprint density at radius 3 is 2.33 bits per heavy atom. The summed E-state index contributed by atoms with van der Waals surface area (Å²) in [7, 11) is 0. The van der Waals surface area contributed by atoms with Crippen molar-refractivity contribution in [3.8, 4) is 0 Å². The van der Waals surface area contributed by atoms with Crippen molar-refractivity contribution in [1.29, 1.82) is 0 Å². The molecule has 1 amide bonds. The molecule has 1 aliphatic rings. The van der Waals surface area contributed by atoms with Gasteiger partial charge in [0.1, 0.15) is 0 Å². The summed E-state index contributed by atoms with van der Waals surface area (Å²) in [5, 5.41) is 12.2. The van der Waals surface area contributed by atoms with Crippen molar-refractivity contribution in [3.63, 3.8) is 0 Å². The predicted octanol–water partition coefficient (Wildman–Crippen LogP) is 3.00. The fourth-order valence-electron chi connectivity index (χ4n) is 3.15. The first kappa shape index (κ1) is 15.5. The Balaban J connectivity index is 2.08. The predicted molar refractivity (Wildman–Crippen MR) is 80.6 cm³/mol. The zero-order valence-electron chi connectivity index (χ0n) is 12.8. The van der Waals surface area contributed by atoms with Crippen LogP contribution in [0.5, 0.6) is 0 Å². The lowest BCUT2D eigenvalue weighted by Crippen LogP contribution is -2.31. The first-order valence-corrected chi connectivity index (χ1v) is 7.47. The minimum absolute atomic E-state index is 0.0467. The molecule has 4 heteroatoms. The molecule has 1 aromatic rings. The molecule has 0 heterocycles. The number of carbonyl (C=O) groups is 2. The largest absolute Gasteiger partial charge is 0.481 e. The normalized spacial score (nSPS) is 24.1. The number of hydrogen-bond donors (Lipinski definition) is 2. The fraction of sp³-hybridized carbons (Fsp3) is 0.529. The first-order chi connectivity index (χ1) is 9.89. The first-order valence-electron chi connectivity index (χ1n) is 7.47. The van der Waals surface area contributed by atoms with Crippen LogP contribution in [0.3, 0.4) is 0 Å². The average molecular weight is 289 g/mol. The SMILES string of the molecule is CCCC(NC(=O)C1C(C(=O)O)C1(C)C)c1ccccc1. The summed E-state index contributed by atoms with van der Waals surface area (Å²) >= 11 is 0. The summed E-state index contributed by atoms with van der Waals surface area (Å²) in [5.74, 6) is -2.03. The molecule has 3 atom stereocenters. The number of amides is 1. The highest BCUT2D eigenvalue weighted by Gasteiger charge is 2.65. The molecule has 0 radical (unpaired) electrons. The third-order valence-corrected chi connectivity index (χ3v) is 4.47. The Bertz CT molecular complexity index is 524. The lowest BCUT2D eigenvalue weighted by atomic mass is 10.0. The van der Waals surface area contributed by atoms with Crippen LogP contribution >= 0.6 is 0 Å². The van der Waals surface area contributed by atoms with Gasteiger partial charge in [0.2, 0.25) is 5.91 Å². The number of nitrogens with one attached hydrogen (secondary N) is 1. The third kappa shape index (κ3) is 3.09. The molecular weight excluding hydrogens is 266 g/mol. The number of hydrogen-bond acceptors (Lipinski definition) is 2. The van der Waals surface area contributed by atoms with Gasteiger partial charge in [0, 0.05) is 0 Å². The lowest BCUT2D eigenvalue weighted by Gasteiger charge is -2.19. The van der Waals surface area contributed by atoms with Crippen LogP contribution in [0.1, 0.15) is 45.2 Å². The maximum Gasteiger partial charge on any atom is 0.307 e. The van der Waals surface area contributed by atoms with E-state index in [0.29, 0.717) is 0 Å². The van der Waals surface area contributed by atoms with E-state index in [1.54, 1.807) is 0 Å². The molecule has 0 spiro atoms. The second-order valence-electron chi connectivity index (χ2n) is 6.38. The number of carboxylic acids is 1. The van der Waals surface area contributed by atoms with Gasteiger partial charge in [-0.1, -0.05) is 57.5 Å². The van der Waals surface area contributed by atoms with Crippen LogP contribution in [0.4, 0.5) is 0 Å². The Hall–Kier alpha value is -1.84. The summed E-state index contributed by atoms with van der Waals surface area (Å²) in [6.45, 7) is 5.75. The van der Waals surface area contributed by atoms with Crippen molar-refractivity contribution in [2.24, 2.45) is 17.3 Å². The molecule has 1 saturated carbocycles. The molecular formula is C17H23NO3. The van der Waals surface area contributed by atoms with Crippen LogP contribution in [0, 0.1) is 17.3 Å². The molecule has 4 nitrogen and oxygen atoms in total. The van der Waals surface area contributed by atoms with Crippen LogP contribution in [0.2, 0.25) is 0 Å².